The van der Waals surface area contributed by atoms with Gasteiger partial charge in [-0.3, -0.25) is 9.59 Å². The van der Waals surface area contributed by atoms with Gasteiger partial charge in [-0.05, 0) is 50.8 Å². The van der Waals surface area contributed by atoms with E-state index in [2.05, 4.69) is 5.10 Å². The molecule has 3 rings (SSSR count). The molecule has 0 aliphatic carbocycles. The van der Waals surface area contributed by atoms with Gasteiger partial charge in [0.1, 0.15) is 0 Å². The highest BCUT2D eigenvalue weighted by Gasteiger charge is 2.29. The van der Waals surface area contributed by atoms with Crippen molar-refractivity contribution in [3.8, 4) is 5.69 Å². The average molecular weight is 376 g/mol. The highest BCUT2D eigenvalue weighted by Crippen LogP contribution is 2.25. The molecule has 1 saturated heterocycles. The van der Waals surface area contributed by atoms with Crippen LogP contribution in [0.2, 0.25) is 5.02 Å². The second kappa shape index (κ2) is 7.91. The number of aromatic nitrogens is 2. The van der Waals surface area contributed by atoms with Crippen LogP contribution in [-0.4, -0.2) is 44.3 Å². The van der Waals surface area contributed by atoms with E-state index < -0.39 is 5.97 Å². The number of nitrogens with zero attached hydrogens (tertiary/aromatic N) is 3. The second-order valence-electron chi connectivity index (χ2n) is 6.61. The number of carbonyl (C=O) groups is 2. The molecule has 1 aliphatic rings. The minimum absolute atomic E-state index is 0.0434. The Labute approximate surface area is 157 Å². The molecule has 2 aromatic rings. The Hall–Kier alpha value is -2.34. The van der Waals surface area contributed by atoms with Crippen molar-refractivity contribution in [1.82, 2.24) is 14.7 Å². The van der Waals surface area contributed by atoms with Crippen molar-refractivity contribution in [3.05, 3.63) is 46.7 Å². The SMILES string of the molecule is Cc1cc(C(=O)N2CCCCC2CCC(=O)O)nn1-c1ccccc1Cl. The van der Waals surface area contributed by atoms with E-state index in [0.717, 1.165) is 30.6 Å². The molecule has 1 N–H and O–H groups in total. The largest absolute Gasteiger partial charge is 0.481 e. The van der Waals surface area contributed by atoms with E-state index in [9.17, 15) is 9.59 Å². The highest BCUT2D eigenvalue weighted by molar-refractivity contribution is 6.32. The summed E-state index contributed by atoms with van der Waals surface area (Å²) in [5, 5.41) is 14.0. The summed E-state index contributed by atoms with van der Waals surface area (Å²) in [4.78, 5) is 25.7. The van der Waals surface area contributed by atoms with Crippen LogP contribution in [0.1, 0.15) is 48.3 Å². The molecule has 26 heavy (non-hydrogen) atoms. The van der Waals surface area contributed by atoms with Gasteiger partial charge in [-0.2, -0.15) is 5.10 Å². The van der Waals surface area contributed by atoms with Crippen molar-refractivity contribution in [2.24, 2.45) is 0 Å². The van der Waals surface area contributed by atoms with Crippen LogP contribution in [0.5, 0.6) is 0 Å². The summed E-state index contributed by atoms with van der Waals surface area (Å²) < 4.78 is 1.67. The number of aliphatic carboxylic acids is 1. The maximum Gasteiger partial charge on any atom is 0.303 e. The molecule has 2 heterocycles. The maximum atomic E-state index is 13.0. The van der Waals surface area contributed by atoms with Gasteiger partial charge in [0, 0.05) is 24.7 Å². The molecule has 0 saturated carbocycles. The quantitative estimate of drug-likeness (QED) is 0.864. The zero-order chi connectivity index (χ0) is 18.7. The van der Waals surface area contributed by atoms with Crippen LogP contribution in [0.25, 0.3) is 5.69 Å². The fourth-order valence-electron chi connectivity index (χ4n) is 3.45. The van der Waals surface area contributed by atoms with Crippen molar-refractivity contribution < 1.29 is 14.7 Å². The molecule has 138 valence electrons. The Bertz CT molecular complexity index is 818. The molecule has 1 amide bonds. The lowest BCUT2D eigenvalue weighted by atomic mass is 9.97. The zero-order valence-corrected chi connectivity index (χ0v) is 15.4. The van der Waals surface area contributed by atoms with Crippen LogP contribution in [0.15, 0.2) is 30.3 Å². The Morgan fingerprint density at radius 1 is 1.31 bits per heavy atom. The number of likely N-dealkylation sites (tertiary alicyclic amines) is 1. The molecule has 1 aliphatic heterocycles. The van der Waals surface area contributed by atoms with Crippen molar-refractivity contribution in [3.63, 3.8) is 0 Å². The number of carboxylic acids is 1. The number of benzene rings is 1. The number of rotatable bonds is 5. The van der Waals surface area contributed by atoms with Gasteiger partial charge < -0.3 is 10.0 Å². The van der Waals surface area contributed by atoms with Crippen molar-refractivity contribution >= 4 is 23.5 Å². The van der Waals surface area contributed by atoms with Crippen LogP contribution in [-0.2, 0) is 4.79 Å². The summed E-state index contributed by atoms with van der Waals surface area (Å²) in [5.41, 5.74) is 1.91. The van der Waals surface area contributed by atoms with Crippen molar-refractivity contribution in [2.75, 3.05) is 6.54 Å². The number of carbonyl (C=O) groups excluding carboxylic acids is 1. The fourth-order valence-corrected chi connectivity index (χ4v) is 3.67. The summed E-state index contributed by atoms with van der Waals surface area (Å²) in [6.45, 7) is 2.52. The first-order valence-electron chi connectivity index (χ1n) is 8.81. The third-order valence-corrected chi connectivity index (χ3v) is 5.09. The number of amides is 1. The third kappa shape index (κ3) is 3.90. The van der Waals surface area contributed by atoms with Gasteiger partial charge in [-0.1, -0.05) is 23.7 Å². The molecule has 1 unspecified atom stereocenters. The number of carboxylic acid groups (broad SMARTS) is 1. The monoisotopic (exact) mass is 375 g/mol. The van der Waals surface area contributed by atoms with Gasteiger partial charge in [-0.25, -0.2) is 4.68 Å². The first-order valence-corrected chi connectivity index (χ1v) is 9.19. The Morgan fingerprint density at radius 3 is 2.81 bits per heavy atom. The van der Waals surface area contributed by atoms with Crippen molar-refractivity contribution in [2.45, 2.75) is 45.1 Å². The Morgan fingerprint density at radius 2 is 2.08 bits per heavy atom. The van der Waals surface area contributed by atoms with E-state index in [4.69, 9.17) is 16.7 Å². The Kier molecular flexibility index (Phi) is 5.61. The number of piperidine rings is 1. The summed E-state index contributed by atoms with van der Waals surface area (Å²) in [6.07, 6.45) is 3.33. The first-order chi connectivity index (χ1) is 12.5. The molecule has 7 heteroatoms. The standard InChI is InChI=1S/C19H22ClN3O3/c1-13-12-16(21-23(13)17-8-3-2-7-15(17)20)19(26)22-11-5-4-6-14(22)9-10-18(24)25/h2-3,7-8,12,14H,4-6,9-11H2,1H3,(H,24,25). The molecular formula is C19H22ClN3O3. The zero-order valence-electron chi connectivity index (χ0n) is 14.7. The lowest BCUT2D eigenvalue weighted by Gasteiger charge is -2.35. The van der Waals surface area contributed by atoms with Gasteiger partial charge in [0.25, 0.3) is 5.91 Å². The van der Waals surface area contributed by atoms with Gasteiger partial charge in [0.15, 0.2) is 5.69 Å². The number of para-hydroxylation sites is 1. The third-order valence-electron chi connectivity index (χ3n) is 4.77. The fraction of sp³-hybridized carbons (Fsp3) is 0.421. The van der Waals surface area contributed by atoms with Crippen LogP contribution in [0, 0.1) is 6.92 Å². The van der Waals surface area contributed by atoms with E-state index in [-0.39, 0.29) is 18.4 Å². The topological polar surface area (TPSA) is 75.4 Å². The Balaban J connectivity index is 1.84. The van der Waals surface area contributed by atoms with Gasteiger partial charge >= 0.3 is 5.97 Å². The summed E-state index contributed by atoms with van der Waals surface area (Å²) >= 11 is 6.25. The smallest absolute Gasteiger partial charge is 0.303 e. The molecule has 1 atom stereocenters. The second-order valence-corrected chi connectivity index (χ2v) is 7.02. The van der Waals surface area contributed by atoms with Gasteiger partial charge in [-0.15, -0.1) is 0 Å². The summed E-state index contributed by atoms with van der Waals surface area (Å²) in [6, 6.07) is 9.07. The van der Waals surface area contributed by atoms with Crippen LogP contribution >= 0.6 is 11.6 Å². The summed E-state index contributed by atoms with van der Waals surface area (Å²) in [5.74, 6) is -0.976. The molecule has 0 bridgehead atoms. The molecule has 0 radical (unpaired) electrons. The van der Waals surface area contributed by atoms with Gasteiger partial charge in [0.05, 0.1) is 10.7 Å². The number of hydrogen-bond acceptors (Lipinski definition) is 3. The van der Waals surface area contributed by atoms with E-state index in [1.54, 1.807) is 21.7 Å². The van der Waals surface area contributed by atoms with E-state index in [1.165, 1.54) is 0 Å². The van der Waals surface area contributed by atoms with Crippen LogP contribution < -0.4 is 0 Å². The number of aryl methyl sites for hydroxylation is 1. The number of hydrogen-bond donors (Lipinski definition) is 1. The number of halogens is 1. The minimum Gasteiger partial charge on any atom is -0.481 e. The predicted molar refractivity (Wildman–Crippen MR) is 98.9 cm³/mol. The average Bonchev–Trinajstić information content (AvgIpc) is 3.01. The molecule has 0 spiro atoms. The van der Waals surface area contributed by atoms with Crippen molar-refractivity contribution in [1.29, 1.82) is 0 Å². The first kappa shape index (κ1) is 18.5. The lowest BCUT2D eigenvalue weighted by molar-refractivity contribution is -0.137. The molecule has 1 aromatic heterocycles. The van der Waals surface area contributed by atoms with E-state index in [0.29, 0.717) is 23.7 Å². The molecule has 6 nitrogen and oxygen atoms in total. The maximum absolute atomic E-state index is 13.0. The molecule has 1 fully saturated rings. The molecular weight excluding hydrogens is 354 g/mol. The highest BCUT2D eigenvalue weighted by atomic mass is 35.5. The van der Waals surface area contributed by atoms with Crippen LogP contribution in [0.4, 0.5) is 0 Å². The van der Waals surface area contributed by atoms with E-state index >= 15 is 0 Å². The minimum atomic E-state index is -0.832. The summed E-state index contributed by atoms with van der Waals surface area (Å²) in [7, 11) is 0. The van der Waals surface area contributed by atoms with E-state index in [1.807, 2.05) is 25.1 Å². The van der Waals surface area contributed by atoms with Crippen LogP contribution in [0.3, 0.4) is 0 Å². The van der Waals surface area contributed by atoms with Gasteiger partial charge in [0.2, 0.25) is 0 Å². The lowest BCUT2D eigenvalue weighted by Crippen LogP contribution is -2.44. The predicted octanol–water partition coefficient (Wildman–Crippen LogP) is 3.69. The molecule has 1 aromatic carbocycles. The normalized spacial score (nSPS) is 17.3.